The number of hydrogen-bond donors (Lipinski definition) is 2. The molecule has 1 rings (SSSR count). The molecule has 9 nitrogen and oxygen atoms in total. The normalized spacial score (nSPS) is 11.8. The van der Waals surface area contributed by atoms with E-state index in [2.05, 4.69) is 23.5 Å². The highest BCUT2D eigenvalue weighted by Gasteiger charge is 2.27. The average Bonchev–Trinajstić information content (AvgIpc) is 3.07. The van der Waals surface area contributed by atoms with Crippen molar-refractivity contribution >= 4 is 29.5 Å². The van der Waals surface area contributed by atoms with Gasteiger partial charge in [0.15, 0.2) is 0 Å². The molecule has 0 aliphatic heterocycles. The fourth-order valence-electron chi connectivity index (χ4n) is 2.03. The van der Waals surface area contributed by atoms with Crippen molar-refractivity contribution in [2.24, 2.45) is 0 Å². The zero-order valence-corrected chi connectivity index (χ0v) is 17.0. The Morgan fingerprint density at radius 3 is 2.54 bits per heavy atom. The molecule has 2 amide bonds. The molecule has 0 aliphatic rings. The van der Waals surface area contributed by atoms with Gasteiger partial charge in [-0.05, 0) is 20.8 Å². The molecule has 154 valence electrons. The lowest BCUT2D eigenvalue weighted by molar-refractivity contribution is 0.0484. The highest BCUT2D eigenvalue weighted by molar-refractivity contribution is 7.11. The third-order valence-corrected chi connectivity index (χ3v) is 3.94. The van der Waals surface area contributed by atoms with Gasteiger partial charge in [-0.25, -0.2) is 19.4 Å². The highest BCUT2D eigenvalue weighted by atomic mass is 32.1. The minimum atomic E-state index is -1.18. The molecule has 0 radical (unpaired) electrons. The predicted octanol–water partition coefficient (Wildman–Crippen LogP) is 3.22. The third kappa shape index (κ3) is 7.78. The van der Waals surface area contributed by atoms with Crippen molar-refractivity contribution in [2.45, 2.75) is 32.4 Å². The summed E-state index contributed by atoms with van der Waals surface area (Å²) in [5.74, 6) is -1.18. The van der Waals surface area contributed by atoms with Crippen LogP contribution in [0.2, 0.25) is 0 Å². The Balaban J connectivity index is 3.07. The van der Waals surface area contributed by atoms with Crippen molar-refractivity contribution in [1.82, 2.24) is 15.2 Å². The molecule has 1 atom stereocenters. The van der Waals surface area contributed by atoms with Gasteiger partial charge in [-0.1, -0.05) is 18.7 Å². The SMILES string of the molecule is C=CCOC(=O)N(CC=C)CC(NC(=O)OC(C)(C)C)c1csc(C(=O)O)n1. The molecule has 2 N–H and O–H groups in total. The summed E-state index contributed by atoms with van der Waals surface area (Å²) in [6.07, 6.45) is 1.58. The van der Waals surface area contributed by atoms with Gasteiger partial charge >= 0.3 is 18.2 Å². The van der Waals surface area contributed by atoms with Gasteiger partial charge in [0.25, 0.3) is 0 Å². The second-order valence-corrected chi connectivity index (χ2v) is 7.50. The number of carboxylic acids is 1. The second kappa shape index (κ2) is 10.5. The number of ether oxygens (including phenoxy) is 2. The van der Waals surface area contributed by atoms with E-state index in [1.165, 1.54) is 22.4 Å². The summed E-state index contributed by atoms with van der Waals surface area (Å²) in [5, 5.41) is 13.1. The number of carbonyl (C=O) groups is 3. The van der Waals surface area contributed by atoms with Crippen LogP contribution in [0.4, 0.5) is 9.59 Å². The molecule has 1 unspecified atom stereocenters. The molecule has 1 heterocycles. The summed E-state index contributed by atoms with van der Waals surface area (Å²) >= 11 is 0.918. The Hall–Kier alpha value is -2.88. The van der Waals surface area contributed by atoms with E-state index in [9.17, 15) is 14.4 Å². The lowest BCUT2D eigenvalue weighted by atomic mass is 10.2. The number of carboxylic acid groups (broad SMARTS) is 1. The molecule has 1 aromatic rings. The molecule has 10 heteroatoms. The third-order valence-electron chi connectivity index (χ3n) is 3.09. The second-order valence-electron chi connectivity index (χ2n) is 6.64. The summed E-state index contributed by atoms with van der Waals surface area (Å²) in [6, 6.07) is -0.810. The van der Waals surface area contributed by atoms with Crippen LogP contribution in [-0.2, 0) is 9.47 Å². The van der Waals surface area contributed by atoms with Gasteiger partial charge in [0.2, 0.25) is 5.01 Å². The Labute approximate surface area is 167 Å². The first-order valence-electron chi connectivity index (χ1n) is 8.39. The summed E-state index contributed by atoms with van der Waals surface area (Å²) in [5.41, 5.74) is -0.439. The van der Waals surface area contributed by atoms with E-state index in [0.717, 1.165) is 11.3 Å². The standard InChI is InChI=1S/C18H25N3O6S/c1-6-8-21(17(25)26-9-7-2)10-12(20-16(24)27-18(3,4)5)13-11-28-14(19-13)15(22)23/h6-7,11-12H,1-2,8-10H2,3-5H3,(H,20,24)(H,22,23). The number of alkyl carbamates (subject to hydrolysis) is 1. The van der Waals surface area contributed by atoms with Crippen LogP contribution in [0.1, 0.15) is 42.3 Å². The van der Waals surface area contributed by atoms with Crippen LogP contribution in [0.15, 0.2) is 30.7 Å². The van der Waals surface area contributed by atoms with Crippen LogP contribution in [0.25, 0.3) is 0 Å². The Morgan fingerprint density at radius 1 is 1.36 bits per heavy atom. The molecular formula is C18H25N3O6S. The van der Waals surface area contributed by atoms with Crippen LogP contribution in [0.5, 0.6) is 0 Å². The van der Waals surface area contributed by atoms with Crippen LogP contribution in [-0.4, -0.2) is 58.4 Å². The Morgan fingerprint density at radius 2 is 2.04 bits per heavy atom. The molecular weight excluding hydrogens is 386 g/mol. The van der Waals surface area contributed by atoms with Crippen LogP contribution in [0.3, 0.4) is 0 Å². The maximum atomic E-state index is 12.2. The van der Waals surface area contributed by atoms with Gasteiger partial charge in [0, 0.05) is 11.9 Å². The smallest absolute Gasteiger partial charge is 0.410 e. The molecule has 0 spiro atoms. The largest absolute Gasteiger partial charge is 0.476 e. The molecule has 1 aromatic heterocycles. The number of rotatable bonds is 9. The van der Waals surface area contributed by atoms with Crippen molar-refractivity contribution in [3.63, 3.8) is 0 Å². The average molecular weight is 411 g/mol. The summed E-state index contributed by atoms with van der Waals surface area (Å²) < 4.78 is 10.3. The first-order chi connectivity index (χ1) is 13.1. The van der Waals surface area contributed by atoms with Crippen molar-refractivity contribution in [1.29, 1.82) is 0 Å². The molecule has 0 aliphatic carbocycles. The van der Waals surface area contributed by atoms with Crippen LogP contribution in [0, 0.1) is 0 Å². The highest BCUT2D eigenvalue weighted by Crippen LogP contribution is 2.20. The molecule has 0 saturated carbocycles. The first kappa shape index (κ1) is 23.2. The van der Waals surface area contributed by atoms with Gasteiger partial charge in [0.05, 0.1) is 18.3 Å². The van der Waals surface area contributed by atoms with E-state index >= 15 is 0 Å². The minimum Gasteiger partial charge on any atom is -0.476 e. The van der Waals surface area contributed by atoms with E-state index in [0.29, 0.717) is 5.69 Å². The number of nitrogens with one attached hydrogen (secondary N) is 1. The van der Waals surface area contributed by atoms with Crippen molar-refractivity contribution in [3.05, 3.63) is 41.4 Å². The van der Waals surface area contributed by atoms with Crippen LogP contribution < -0.4 is 5.32 Å². The fraction of sp³-hybridized carbons (Fsp3) is 0.444. The molecule has 0 bridgehead atoms. The van der Waals surface area contributed by atoms with E-state index in [1.807, 2.05) is 0 Å². The molecule has 0 saturated heterocycles. The number of aromatic nitrogens is 1. The van der Waals surface area contributed by atoms with E-state index in [-0.39, 0.29) is 24.7 Å². The zero-order valence-electron chi connectivity index (χ0n) is 16.1. The first-order valence-corrected chi connectivity index (χ1v) is 9.27. The number of aromatic carboxylic acids is 1. The van der Waals surface area contributed by atoms with Crippen molar-refractivity contribution in [3.8, 4) is 0 Å². The lowest BCUT2D eigenvalue weighted by Crippen LogP contribution is -2.43. The Bertz CT molecular complexity index is 725. The van der Waals surface area contributed by atoms with Crippen molar-refractivity contribution < 1.29 is 29.0 Å². The van der Waals surface area contributed by atoms with Crippen LogP contribution >= 0.6 is 11.3 Å². The van der Waals surface area contributed by atoms with Gasteiger partial charge in [0.1, 0.15) is 12.2 Å². The summed E-state index contributed by atoms with van der Waals surface area (Å²) in [7, 11) is 0. The van der Waals surface area contributed by atoms with Crippen molar-refractivity contribution in [2.75, 3.05) is 19.7 Å². The number of thiazole rings is 1. The fourth-order valence-corrected chi connectivity index (χ4v) is 2.74. The Kier molecular flexibility index (Phi) is 8.65. The van der Waals surface area contributed by atoms with Gasteiger partial charge < -0.3 is 24.8 Å². The predicted molar refractivity (Wildman–Crippen MR) is 104 cm³/mol. The maximum Gasteiger partial charge on any atom is 0.410 e. The summed E-state index contributed by atoms with van der Waals surface area (Å²) in [6.45, 7) is 12.4. The van der Waals surface area contributed by atoms with Gasteiger partial charge in [-0.15, -0.1) is 17.9 Å². The quantitative estimate of drug-likeness (QED) is 0.599. The van der Waals surface area contributed by atoms with E-state index < -0.39 is 29.8 Å². The van der Waals surface area contributed by atoms with E-state index in [1.54, 1.807) is 20.8 Å². The topological polar surface area (TPSA) is 118 Å². The van der Waals surface area contributed by atoms with Gasteiger partial charge in [-0.3, -0.25) is 0 Å². The monoisotopic (exact) mass is 411 g/mol. The van der Waals surface area contributed by atoms with E-state index in [4.69, 9.17) is 14.6 Å². The zero-order chi connectivity index (χ0) is 21.3. The number of amides is 2. The molecule has 0 aromatic carbocycles. The molecule has 0 fully saturated rings. The summed E-state index contributed by atoms with van der Waals surface area (Å²) in [4.78, 5) is 40.9. The van der Waals surface area contributed by atoms with Gasteiger partial charge in [-0.2, -0.15) is 0 Å². The maximum absolute atomic E-state index is 12.2. The number of carbonyl (C=O) groups excluding carboxylic acids is 2. The number of nitrogens with zero attached hydrogens (tertiary/aromatic N) is 2. The molecule has 28 heavy (non-hydrogen) atoms. The number of hydrogen-bond acceptors (Lipinski definition) is 7. The lowest BCUT2D eigenvalue weighted by Gasteiger charge is -2.27. The minimum absolute atomic E-state index is 0.0238.